The van der Waals surface area contributed by atoms with Crippen LogP contribution < -0.4 is 5.32 Å². The molecule has 2 rings (SSSR count). The Labute approximate surface area is 114 Å². The van der Waals surface area contributed by atoms with Gasteiger partial charge in [0.1, 0.15) is 0 Å². The molecule has 0 aliphatic heterocycles. The van der Waals surface area contributed by atoms with Crippen LogP contribution in [-0.4, -0.2) is 16.9 Å². The SMILES string of the molecule is CC(C)NC(=O)CC(c1ccccc1)c1ccc[nH]1. The summed E-state index contributed by atoms with van der Waals surface area (Å²) in [6.07, 6.45) is 2.36. The quantitative estimate of drug-likeness (QED) is 0.848. The third kappa shape index (κ3) is 3.71. The molecule has 0 saturated heterocycles. The molecule has 1 unspecified atom stereocenters. The summed E-state index contributed by atoms with van der Waals surface area (Å²) in [4.78, 5) is 15.2. The molecule has 0 saturated carbocycles. The Balaban J connectivity index is 2.19. The van der Waals surface area contributed by atoms with E-state index in [9.17, 15) is 4.79 Å². The fraction of sp³-hybridized carbons (Fsp3) is 0.312. The molecule has 3 heteroatoms. The molecule has 0 aliphatic rings. The van der Waals surface area contributed by atoms with E-state index in [1.807, 2.05) is 50.4 Å². The van der Waals surface area contributed by atoms with E-state index in [0.29, 0.717) is 6.42 Å². The summed E-state index contributed by atoms with van der Waals surface area (Å²) in [7, 11) is 0. The smallest absolute Gasteiger partial charge is 0.221 e. The molecule has 0 spiro atoms. The van der Waals surface area contributed by atoms with Gasteiger partial charge in [0.05, 0.1) is 0 Å². The van der Waals surface area contributed by atoms with Crippen LogP contribution in [0.25, 0.3) is 0 Å². The minimum Gasteiger partial charge on any atom is -0.364 e. The van der Waals surface area contributed by atoms with Crippen molar-refractivity contribution in [2.75, 3.05) is 0 Å². The first-order chi connectivity index (χ1) is 9.16. The van der Waals surface area contributed by atoms with E-state index in [2.05, 4.69) is 22.4 Å². The number of hydrogen-bond acceptors (Lipinski definition) is 1. The highest BCUT2D eigenvalue weighted by molar-refractivity contribution is 5.77. The van der Waals surface area contributed by atoms with Crippen molar-refractivity contribution in [1.82, 2.24) is 10.3 Å². The van der Waals surface area contributed by atoms with Crippen LogP contribution in [0.3, 0.4) is 0 Å². The first-order valence-corrected chi connectivity index (χ1v) is 6.64. The van der Waals surface area contributed by atoms with Crippen molar-refractivity contribution in [1.29, 1.82) is 0 Å². The Morgan fingerprint density at radius 3 is 2.47 bits per heavy atom. The van der Waals surface area contributed by atoms with Crippen molar-refractivity contribution < 1.29 is 4.79 Å². The molecule has 0 bridgehead atoms. The molecule has 0 aliphatic carbocycles. The fourth-order valence-electron chi connectivity index (χ4n) is 2.22. The number of H-pyrrole nitrogens is 1. The molecule has 1 aromatic heterocycles. The number of benzene rings is 1. The standard InChI is InChI=1S/C16H20N2O/c1-12(2)18-16(19)11-14(15-9-6-10-17-15)13-7-4-3-5-8-13/h3-10,12,14,17H,11H2,1-2H3,(H,18,19). The molecule has 2 aromatic rings. The number of hydrogen-bond donors (Lipinski definition) is 2. The second kappa shape index (κ2) is 6.23. The molecule has 1 aromatic carbocycles. The van der Waals surface area contributed by atoms with Gasteiger partial charge in [0.15, 0.2) is 0 Å². The lowest BCUT2D eigenvalue weighted by Gasteiger charge is -2.17. The maximum atomic E-state index is 12.0. The van der Waals surface area contributed by atoms with Crippen LogP contribution in [0.2, 0.25) is 0 Å². The van der Waals surface area contributed by atoms with Gasteiger partial charge in [0.25, 0.3) is 0 Å². The van der Waals surface area contributed by atoms with Gasteiger partial charge >= 0.3 is 0 Å². The molecule has 1 heterocycles. The number of nitrogens with one attached hydrogen (secondary N) is 2. The van der Waals surface area contributed by atoms with Crippen molar-refractivity contribution in [3.8, 4) is 0 Å². The highest BCUT2D eigenvalue weighted by atomic mass is 16.1. The summed E-state index contributed by atoms with van der Waals surface area (Å²) in [5, 5.41) is 2.95. The maximum absolute atomic E-state index is 12.0. The highest BCUT2D eigenvalue weighted by Gasteiger charge is 2.19. The minimum absolute atomic E-state index is 0.0787. The highest BCUT2D eigenvalue weighted by Crippen LogP contribution is 2.26. The molecule has 3 nitrogen and oxygen atoms in total. The zero-order valence-electron chi connectivity index (χ0n) is 11.4. The van der Waals surface area contributed by atoms with E-state index in [1.54, 1.807) is 0 Å². The van der Waals surface area contributed by atoms with Gasteiger partial charge in [-0.25, -0.2) is 0 Å². The average molecular weight is 256 g/mol. The van der Waals surface area contributed by atoms with Gasteiger partial charge in [-0.15, -0.1) is 0 Å². The van der Waals surface area contributed by atoms with E-state index in [0.717, 1.165) is 11.3 Å². The summed E-state index contributed by atoms with van der Waals surface area (Å²) in [6.45, 7) is 3.95. The van der Waals surface area contributed by atoms with E-state index in [1.165, 1.54) is 0 Å². The summed E-state index contributed by atoms with van der Waals surface area (Å²) >= 11 is 0. The van der Waals surface area contributed by atoms with Gasteiger partial charge in [-0.2, -0.15) is 0 Å². The summed E-state index contributed by atoms with van der Waals surface area (Å²) < 4.78 is 0. The van der Waals surface area contributed by atoms with Gasteiger partial charge in [-0.3, -0.25) is 4.79 Å². The van der Waals surface area contributed by atoms with Crippen LogP contribution in [0.5, 0.6) is 0 Å². The normalized spacial score (nSPS) is 12.4. The van der Waals surface area contributed by atoms with Crippen molar-refractivity contribution in [3.05, 3.63) is 59.9 Å². The van der Waals surface area contributed by atoms with Crippen molar-refractivity contribution >= 4 is 5.91 Å². The third-order valence-electron chi connectivity index (χ3n) is 3.04. The zero-order valence-corrected chi connectivity index (χ0v) is 11.4. The predicted molar refractivity (Wildman–Crippen MR) is 77.0 cm³/mol. The lowest BCUT2D eigenvalue weighted by Crippen LogP contribution is -2.31. The fourth-order valence-corrected chi connectivity index (χ4v) is 2.22. The molecular formula is C16H20N2O. The van der Waals surface area contributed by atoms with Crippen LogP contribution in [0.15, 0.2) is 48.7 Å². The Hall–Kier alpha value is -2.03. The Morgan fingerprint density at radius 2 is 1.89 bits per heavy atom. The molecule has 0 radical (unpaired) electrons. The summed E-state index contributed by atoms with van der Waals surface area (Å²) in [5.74, 6) is 0.161. The van der Waals surface area contributed by atoms with Crippen LogP contribution >= 0.6 is 0 Å². The van der Waals surface area contributed by atoms with Crippen LogP contribution in [-0.2, 0) is 4.79 Å². The van der Waals surface area contributed by atoms with Crippen molar-refractivity contribution in [3.63, 3.8) is 0 Å². The lowest BCUT2D eigenvalue weighted by atomic mass is 9.92. The Morgan fingerprint density at radius 1 is 1.16 bits per heavy atom. The van der Waals surface area contributed by atoms with Gasteiger partial charge in [0, 0.05) is 30.3 Å². The number of aromatic amines is 1. The van der Waals surface area contributed by atoms with Gasteiger partial charge < -0.3 is 10.3 Å². The zero-order chi connectivity index (χ0) is 13.7. The summed E-state index contributed by atoms with van der Waals surface area (Å²) in [6, 6.07) is 14.3. The van der Waals surface area contributed by atoms with E-state index in [-0.39, 0.29) is 17.9 Å². The number of aromatic nitrogens is 1. The second-order valence-electron chi connectivity index (χ2n) is 5.02. The molecular weight excluding hydrogens is 236 g/mol. The van der Waals surface area contributed by atoms with E-state index < -0.39 is 0 Å². The second-order valence-corrected chi connectivity index (χ2v) is 5.02. The van der Waals surface area contributed by atoms with Crippen LogP contribution in [0, 0.1) is 0 Å². The first kappa shape index (κ1) is 13.4. The van der Waals surface area contributed by atoms with Crippen molar-refractivity contribution in [2.24, 2.45) is 0 Å². The third-order valence-corrected chi connectivity index (χ3v) is 3.04. The number of carbonyl (C=O) groups excluding carboxylic acids is 1. The number of carbonyl (C=O) groups is 1. The van der Waals surface area contributed by atoms with Gasteiger partial charge in [0.2, 0.25) is 5.91 Å². The molecule has 1 atom stereocenters. The van der Waals surface area contributed by atoms with Gasteiger partial charge in [-0.1, -0.05) is 30.3 Å². The van der Waals surface area contributed by atoms with E-state index in [4.69, 9.17) is 0 Å². The number of amides is 1. The topological polar surface area (TPSA) is 44.9 Å². The molecule has 1 amide bonds. The lowest BCUT2D eigenvalue weighted by molar-refractivity contribution is -0.121. The van der Waals surface area contributed by atoms with Crippen LogP contribution in [0.4, 0.5) is 0 Å². The largest absolute Gasteiger partial charge is 0.364 e. The first-order valence-electron chi connectivity index (χ1n) is 6.64. The molecule has 0 fully saturated rings. The van der Waals surface area contributed by atoms with E-state index >= 15 is 0 Å². The molecule has 100 valence electrons. The predicted octanol–water partition coefficient (Wildman–Crippen LogP) is 3.06. The van der Waals surface area contributed by atoms with Gasteiger partial charge in [-0.05, 0) is 31.5 Å². The maximum Gasteiger partial charge on any atom is 0.221 e. The van der Waals surface area contributed by atoms with Crippen molar-refractivity contribution in [2.45, 2.75) is 32.2 Å². The minimum atomic E-state index is 0.0787. The summed E-state index contributed by atoms with van der Waals surface area (Å²) in [5.41, 5.74) is 2.23. The monoisotopic (exact) mass is 256 g/mol. The van der Waals surface area contributed by atoms with Crippen LogP contribution in [0.1, 0.15) is 37.4 Å². The Kier molecular flexibility index (Phi) is 4.39. The average Bonchev–Trinajstić information content (AvgIpc) is 2.90. The molecule has 2 N–H and O–H groups in total. The molecule has 19 heavy (non-hydrogen) atoms. The Bertz CT molecular complexity index is 503. The number of rotatable bonds is 5.